The smallest absolute Gasteiger partial charge is 0.305 e. The molecule has 0 saturated heterocycles. The van der Waals surface area contributed by atoms with E-state index >= 15 is 0 Å². The third-order valence-corrected chi connectivity index (χ3v) is 18.4. The summed E-state index contributed by atoms with van der Waals surface area (Å²) < 4.78 is 5.50. The number of esters is 1. The second kappa shape index (κ2) is 75.5. The Morgan fingerprint density at radius 1 is 0.314 bits per heavy atom. The summed E-state index contributed by atoms with van der Waals surface area (Å²) in [6, 6.07) is -0.626. The number of hydrogen-bond acceptors (Lipinski definition) is 5. The average Bonchev–Trinajstić information content (AvgIpc) is 3.54. The van der Waals surface area contributed by atoms with Crippen LogP contribution in [0.1, 0.15) is 438 Å². The Hall–Kier alpha value is -1.92. The van der Waals surface area contributed by atoms with Crippen LogP contribution in [0.4, 0.5) is 0 Å². The van der Waals surface area contributed by atoms with Crippen LogP contribution in [0.15, 0.2) is 36.5 Å². The molecular weight excluding hydrogens is 1050 g/mol. The van der Waals surface area contributed by atoms with Gasteiger partial charge < -0.3 is 20.3 Å². The van der Waals surface area contributed by atoms with Crippen LogP contribution < -0.4 is 5.32 Å². The minimum Gasteiger partial charge on any atom is -0.466 e. The van der Waals surface area contributed by atoms with E-state index in [1.807, 2.05) is 6.08 Å². The summed E-state index contributed by atoms with van der Waals surface area (Å²) in [6.07, 6.45) is 98.4. The number of allylic oxidation sites excluding steroid dienone is 5. The van der Waals surface area contributed by atoms with E-state index in [4.69, 9.17) is 4.74 Å². The molecular formula is C80H153NO5. The Bertz CT molecular complexity index is 1390. The fourth-order valence-corrected chi connectivity index (χ4v) is 12.4. The normalized spacial score (nSPS) is 12.7. The molecule has 0 aromatic carbocycles. The highest BCUT2D eigenvalue weighted by molar-refractivity contribution is 5.76. The Kier molecular flexibility index (Phi) is 73.9. The number of rotatable bonds is 74. The van der Waals surface area contributed by atoms with E-state index in [-0.39, 0.29) is 18.5 Å². The first-order valence-electron chi connectivity index (χ1n) is 39.3. The first-order chi connectivity index (χ1) is 42.5. The zero-order valence-electron chi connectivity index (χ0n) is 58.3. The molecule has 2 atom stereocenters. The molecule has 0 aliphatic carbocycles. The predicted octanol–water partition coefficient (Wildman–Crippen LogP) is 25.8. The van der Waals surface area contributed by atoms with Crippen LogP contribution in [0.5, 0.6) is 0 Å². The lowest BCUT2D eigenvalue weighted by Crippen LogP contribution is -2.45. The van der Waals surface area contributed by atoms with Gasteiger partial charge >= 0.3 is 5.97 Å². The lowest BCUT2D eigenvalue weighted by atomic mass is 10.0. The molecule has 6 nitrogen and oxygen atoms in total. The summed E-state index contributed by atoms with van der Waals surface area (Å²) in [5.74, 6) is -0.0475. The number of nitrogens with one attached hydrogen (secondary N) is 1. The number of unbranched alkanes of at least 4 members (excludes halogenated alkanes) is 59. The zero-order chi connectivity index (χ0) is 62.0. The molecule has 0 aromatic heterocycles. The van der Waals surface area contributed by atoms with E-state index in [0.29, 0.717) is 19.4 Å². The highest BCUT2D eigenvalue weighted by Crippen LogP contribution is 2.19. The molecule has 0 rings (SSSR count). The third kappa shape index (κ3) is 71.2. The van der Waals surface area contributed by atoms with Gasteiger partial charge in [0.1, 0.15) is 0 Å². The SMILES string of the molecule is CCCCCCCCC/C=C\CCCCCCCC(=O)OCCCCCCCCCCCCCCCC/C=C\CCCCCCCCCCCCCCCCCCCC(=O)NC(CO)C(O)/C=C/CCCCCCCCCCCCCCCCCC. The van der Waals surface area contributed by atoms with Crippen molar-refractivity contribution in [2.45, 2.75) is 450 Å². The maximum atomic E-state index is 12.5. The van der Waals surface area contributed by atoms with Crippen LogP contribution in [0.2, 0.25) is 0 Å². The lowest BCUT2D eigenvalue weighted by Gasteiger charge is -2.20. The van der Waals surface area contributed by atoms with Gasteiger partial charge in [0.25, 0.3) is 0 Å². The predicted molar refractivity (Wildman–Crippen MR) is 379 cm³/mol. The van der Waals surface area contributed by atoms with E-state index in [1.165, 1.54) is 366 Å². The highest BCUT2D eigenvalue weighted by Gasteiger charge is 2.18. The molecule has 3 N–H and O–H groups in total. The molecule has 0 aromatic rings. The second-order valence-corrected chi connectivity index (χ2v) is 27.0. The van der Waals surface area contributed by atoms with E-state index in [9.17, 15) is 19.8 Å². The summed E-state index contributed by atoms with van der Waals surface area (Å²) in [4.78, 5) is 24.6. The molecule has 86 heavy (non-hydrogen) atoms. The monoisotopic (exact) mass is 1210 g/mol. The van der Waals surface area contributed by atoms with Gasteiger partial charge in [-0.05, 0) is 83.5 Å². The quantitative estimate of drug-likeness (QED) is 0.0320. The van der Waals surface area contributed by atoms with E-state index in [1.54, 1.807) is 6.08 Å². The molecule has 0 aliphatic rings. The summed E-state index contributed by atoms with van der Waals surface area (Å²) >= 11 is 0. The van der Waals surface area contributed by atoms with Gasteiger partial charge in [0.15, 0.2) is 0 Å². The molecule has 2 unspecified atom stereocenters. The topological polar surface area (TPSA) is 95.9 Å². The van der Waals surface area contributed by atoms with Crippen molar-refractivity contribution in [1.82, 2.24) is 5.32 Å². The molecule has 0 spiro atoms. The highest BCUT2D eigenvalue weighted by atomic mass is 16.5. The largest absolute Gasteiger partial charge is 0.466 e. The number of hydrogen-bond donors (Lipinski definition) is 3. The Balaban J connectivity index is 3.35. The van der Waals surface area contributed by atoms with E-state index in [0.717, 1.165) is 44.9 Å². The molecule has 1 amide bonds. The Morgan fingerprint density at radius 3 is 0.826 bits per heavy atom. The maximum Gasteiger partial charge on any atom is 0.305 e. The lowest BCUT2D eigenvalue weighted by molar-refractivity contribution is -0.143. The third-order valence-electron chi connectivity index (χ3n) is 18.4. The minimum absolute atomic E-state index is 0.0132. The molecule has 6 heteroatoms. The number of carbonyl (C=O) groups excluding carboxylic acids is 2. The first kappa shape index (κ1) is 84.1. The number of amides is 1. The summed E-state index contributed by atoms with van der Waals surface area (Å²) in [6.45, 7) is 4.94. The Labute approximate surface area is 538 Å². The molecule has 0 radical (unpaired) electrons. The summed E-state index contributed by atoms with van der Waals surface area (Å²) in [7, 11) is 0. The fourth-order valence-electron chi connectivity index (χ4n) is 12.4. The van der Waals surface area contributed by atoms with Gasteiger partial charge in [-0.3, -0.25) is 9.59 Å². The van der Waals surface area contributed by atoms with Gasteiger partial charge in [0.2, 0.25) is 5.91 Å². The van der Waals surface area contributed by atoms with Gasteiger partial charge in [-0.15, -0.1) is 0 Å². The Morgan fingerprint density at radius 2 is 0.547 bits per heavy atom. The first-order valence-corrected chi connectivity index (χ1v) is 39.3. The van der Waals surface area contributed by atoms with Crippen molar-refractivity contribution in [3.8, 4) is 0 Å². The van der Waals surface area contributed by atoms with Crippen molar-refractivity contribution >= 4 is 11.9 Å². The summed E-state index contributed by atoms with van der Waals surface area (Å²) in [5, 5.41) is 23.2. The van der Waals surface area contributed by atoms with Gasteiger partial charge in [-0.1, -0.05) is 378 Å². The number of ether oxygens (including phenoxy) is 1. The second-order valence-electron chi connectivity index (χ2n) is 27.0. The molecule has 0 fully saturated rings. The average molecular weight is 1210 g/mol. The maximum absolute atomic E-state index is 12.5. The number of aliphatic hydroxyl groups excluding tert-OH is 2. The van der Waals surface area contributed by atoms with Crippen molar-refractivity contribution in [2.24, 2.45) is 0 Å². The van der Waals surface area contributed by atoms with Crippen LogP contribution in [0, 0.1) is 0 Å². The van der Waals surface area contributed by atoms with E-state index < -0.39 is 12.1 Å². The summed E-state index contributed by atoms with van der Waals surface area (Å²) in [5.41, 5.74) is 0. The molecule has 0 heterocycles. The van der Waals surface area contributed by atoms with Crippen molar-refractivity contribution in [3.63, 3.8) is 0 Å². The van der Waals surface area contributed by atoms with Gasteiger partial charge in [-0.2, -0.15) is 0 Å². The fraction of sp³-hybridized carbons (Fsp3) is 0.900. The van der Waals surface area contributed by atoms with Gasteiger partial charge in [0, 0.05) is 12.8 Å². The molecule has 0 bridgehead atoms. The van der Waals surface area contributed by atoms with Crippen molar-refractivity contribution in [1.29, 1.82) is 0 Å². The number of carbonyl (C=O) groups is 2. The standard InChI is InChI=1S/C80H153NO5/c1-3-5-7-9-11-13-15-17-19-21-41-44-48-52-56-60-64-68-72-78(83)77(76-82)81-79(84)73-69-65-61-57-53-49-45-42-39-37-35-33-31-29-27-25-23-22-24-26-28-30-32-34-36-38-40-43-47-51-55-59-63-67-71-75-86-80(85)74-70-66-62-58-54-50-46-20-18-16-14-12-10-8-6-4-2/h20,24,26,46,68,72,77-78,82-83H,3-19,21-23,25,27-45,47-67,69-71,73-76H2,1-2H3,(H,81,84)/b26-24-,46-20-,72-68+. The van der Waals surface area contributed by atoms with Crippen LogP contribution in [0.25, 0.3) is 0 Å². The number of aliphatic hydroxyl groups is 2. The molecule has 0 aliphatic heterocycles. The molecule has 0 saturated carbocycles. The van der Waals surface area contributed by atoms with Gasteiger partial charge in [0.05, 0.1) is 25.4 Å². The van der Waals surface area contributed by atoms with Crippen molar-refractivity contribution in [3.05, 3.63) is 36.5 Å². The van der Waals surface area contributed by atoms with Crippen LogP contribution in [0.3, 0.4) is 0 Å². The minimum atomic E-state index is -0.843. The molecule has 508 valence electrons. The van der Waals surface area contributed by atoms with Crippen LogP contribution in [-0.2, 0) is 14.3 Å². The van der Waals surface area contributed by atoms with Crippen LogP contribution in [-0.4, -0.2) is 47.4 Å². The van der Waals surface area contributed by atoms with Crippen LogP contribution >= 0.6 is 0 Å². The van der Waals surface area contributed by atoms with Crippen molar-refractivity contribution < 1.29 is 24.5 Å². The van der Waals surface area contributed by atoms with E-state index in [2.05, 4.69) is 43.5 Å². The zero-order valence-corrected chi connectivity index (χ0v) is 58.3. The van der Waals surface area contributed by atoms with Crippen molar-refractivity contribution in [2.75, 3.05) is 13.2 Å². The van der Waals surface area contributed by atoms with Gasteiger partial charge in [-0.25, -0.2) is 0 Å².